The highest BCUT2D eigenvalue weighted by Gasteiger charge is 2.48. The Kier molecular flexibility index (Phi) is 6.65. The maximum absolute atomic E-state index is 13.6. The second kappa shape index (κ2) is 7.80. The highest BCUT2D eigenvalue weighted by Crippen LogP contribution is 2.29. The maximum Gasteiger partial charge on any atom is 0.534 e. The van der Waals surface area contributed by atoms with E-state index in [4.69, 9.17) is 0 Å². The zero-order chi connectivity index (χ0) is 16.8. The van der Waals surface area contributed by atoms with E-state index in [1.165, 1.54) is 6.07 Å². The minimum absolute atomic E-state index is 0.576. The second-order valence-electron chi connectivity index (χ2n) is 4.91. The van der Waals surface area contributed by atoms with Crippen LogP contribution in [-0.2, 0) is 16.5 Å². The zero-order valence-electron chi connectivity index (χ0n) is 12.1. The number of rotatable bonds is 8. The Morgan fingerprint density at radius 3 is 2.27 bits per heavy atom. The van der Waals surface area contributed by atoms with Gasteiger partial charge in [0, 0.05) is 0 Å². The van der Waals surface area contributed by atoms with E-state index in [-0.39, 0.29) is 0 Å². The Balaban J connectivity index is 2.67. The van der Waals surface area contributed by atoms with Crippen molar-refractivity contribution in [2.45, 2.75) is 51.0 Å². The average molecular weight is 342 g/mol. The number of halogens is 4. The first-order chi connectivity index (χ1) is 10.2. The minimum atomic E-state index is -5.85. The Morgan fingerprint density at radius 2 is 1.73 bits per heavy atom. The number of aryl methyl sites for hydroxylation is 1. The van der Waals surface area contributed by atoms with Crippen LogP contribution in [0.2, 0.25) is 0 Å². The van der Waals surface area contributed by atoms with Gasteiger partial charge in [-0.3, -0.25) is 0 Å². The average Bonchev–Trinajstić information content (AvgIpc) is 2.40. The molecule has 0 fully saturated rings. The lowest BCUT2D eigenvalue weighted by molar-refractivity contribution is -0.0500. The van der Waals surface area contributed by atoms with Gasteiger partial charge in [0.2, 0.25) is 0 Å². The van der Waals surface area contributed by atoms with Crippen molar-refractivity contribution in [3.8, 4) is 5.75 Å². The molecular weight excluding hydrogens is 324 g/mol. The molecule has 0 aliphatic carbocycles. The van der Waals surface area contributed by atoms with Crippen LogP contribution >= 0.6 is 0 Å². The van der Waals surface area contributed by atoms with Gasteiger partial charge in [0.1, 0.15) is 0 Å². The van der Waals surface area contributed by atoms with Crippen LogP contribution in [0.5, 0.6) is 5.75 Å². The van der Waals surface area contributed by atoms with Crippen LogP contribution in [0.25, 0.3) is 0 Å². The molecule has 0 atom stereocenters. The molecule has 0 saturated heterocycles. The third kappa shape index (κ3) is 5.47. The van der Waals surface area contributed by atoms with E-state index in [0.29, 0.717) is 12.0 Å². The lowest BCUT2D eigenvalue weighted by atomic mass is 10.1. The summed E-state index contributed by atoms with van der Waals surface area (Å²) >= 11 is 0. The Labute approximate surface area is 127 Å². The third-order valence-corrected chi connectivity index (χ3v) is 4.01. The van der Waals surface area contributed by atoms with Gasteiger partial charge in [0.15, 0.2) is 11.6 Å². The van der Waals surface area contributed by atoms with Crippen molar-refractivity contribution >= 4 is 10.1 Å². The van der Waals surface area contributed by atoms with Gasteiger partial charge < -0.3 is 4.18 Å². The normalized spacial score (nSPS) is 12.4. The number of hydrogen-bond donors (Lipinski definition) is 0. The largest absolute Gasteiger partial charge is 0.534 e. The maximum atomic E-state index is 13.6. The molecule has 22 heavy (non-hydrogen) atoms. The van der Waals surface area contributed by atoms with E-state index >= 15 is 0 Å². The first-order valence-corrected chi connectivity index (χ1v) is 8.37. The molecule has 8 heteroatoms. The summed E-state index contributed by atoms with van der Waals surface area (Å²) in [6, 6.07) is 3.27. The van der Waals surface area contributed by atoms with Crippen LogP contribution in [0.3, 0.4) is 0 Å². The van der Waals surface area contributed by atoms with E-state index in [9.17, 15) is 26.0 Å². The first kappa shape index (κ1) is 18.7. The quantitative estimate of drug-likeness (QED) is 0.301. The van der Waals surface area contributed by atoms with Crippen molar-refractivity contribution in [3.63, 3.8) is 0 Å². The van der Waals surface area contributed by atoms with Crippen LogP contribution in [0, 0.1) is 5.82 Å². The summed E-state index contributed by atoms with van der Waals surface area (Å²) in [5, 5.41) is 0. The highest BCUT2D eigenvalue weighted by molar-refractivity contribution is 7.88. The summed E-state index contributed by atoms with van der Waals surface area (Å²) in [6.07, 6.45) is 5.69. The van der Waals surface area contributed by atoms with Gasteiger partial charge in [0.05, 0.1) is 0 Å². The molecule has 0 aromatic heterocycles. The zero-order valence-corrected chi connectivity index (χ0v) is 12.9. The summed E-state index contributed by atoms with van der Waals surface area (Å²) in [5.41, 5.74) is -5.00. The Bertz CT molecular complexity index is 582. The van der Waals surface area contributed by atoms with Gasteiger partial charge in [-0.2, -0.15) is 21.6 Å². The predicted octanol–water partition coefficient (Wildman–Crippen LogP) is 4.57. The molecule has 1 rings (SSSR count). The fraction of sp³-hybridized carbons (Fsp3) is 0.571. The van der Waals surface area contributed by atoms with Crippen LogP contribution < -0.4 is 4.18 Å². The van der Waals surface area contributed by atoms with E-state index < -0.39 is 27.2 Å². The van der Waals surface area contributed by atoms with E-state index in [1.54, 1.807) is 0 Å². The third-order valence-electron chi connectivity index (χ3n) is 3.05. The minimum Gasteiger partial charge on any atom is -0.373 e. The summed E-state index contributed by atoms with van der Waals surface area (Å²) in [6.45, 7) is 2.09. The number of unbranched alkanes of at least 4 members (excludes halogenated alkanes) is 4. The van der Waals surface area contributed by atoms with Crippen molar-refractivity contribution in [2.75, 3.05) is 0 Å². The molecule has 0 saturated carbocycles. The monoisotopic (exact) mass is 342 g/mol. The van der Waals surface area contributed by atoms with Crippen molar-refractivity contribution in [2.24, 2.45) is 0 Å². The van der Waals surface area contributed by atoms with Crippen molar-refractivity contribution < 1.29 is 30.2 Å². The van der Waals surface area contributed by atoms with Crippen molar-refractivity contribution in [1.29, 1.82) is 0 Å². The number of alkyl halides is 3. The van der Waals surface area contributed by atoms with E-state index in [2.05, 4.69) is 11.1 Å². The lowest BCUT2D eigenvalue weighted by Crippen LogP contribution is -2.28. The molecule has 0 spiro atoms. The molecule has 3 nitrogen and oxygen atoms in total. The number of hydrogen-bond acceptors (Lipinski definition) is 3. The smallest absolute Gasteiger partial charge is 0.373 e. The molecular formula is C14H18F4O3S. The summed E-state index contributed by atoms with van der Waals surface area (Å²) in [4.78, 5) is 0. The van der Waals surface area contributed by atoms with Gasteiger partial charge in [-0.15, -0.1) is 0 Å². The molecule has 0 aliphatic rings. The molecule has 0 heterocycles. The Morgan fingerprint density at radius 1 is 1.09 bits per heavy atom. The van der Waals surface area contributed by atoms with E-state index in [1.807, 2.05) is 0 Å². The molecule has 1 aromatic carbocycles. The topological polar surface area (TPSA) is 43.4 Å². The fourth-order valence-corrected chi connectivity index (χ4v) is 2.33. The lowest BCUT2D eigenvalue weighted by Gasteiger charge is -2.10. The van der Waals surface area contributed by atoms with Crippen LogP contribution in [0.15, 0.2) is 18.2 Å². The van der Waals surface area contributed by atoms with Crippen LogP contribution in [-0.4, -0.2) is 13.9 Å². The van der Waals surface area contributed by atoms with Crippen LogP contribution in [0.4, 0.5) is 17.6 Å². The molecule has 0 bridgehead atoms. The van der Waals surface area contributed by atoms with Crippen molar-refractivity contribution in [1.82, 2.24) is 0 Å². The van der Waals surface area contributed by atoms with Crippen molar-refractivity contribution in [3.05, 3.63) is 29.6 Å². The standard InChI is InChI=1S/C14H18F4O3S/c1-2-3-4-5-6-7-11-8-9-13(12(15)10-11)21-22(19,20)14(16,17)18/h8-10H,2-7H2,1H3. The summed E-state index contributed by atoms with van der Waals surface area (Å²) in [7, 11) is -5.85. The molecule has 126 valence electrons. The molecule has 0 unspecified atom stereocenters. The first-order valence-electron chi connectivity index (χ1n) is 6.96. The van der Waals surface area contributed by atoms with Gasteiger partial charge in [0.25, 0.3) is 0 Å². The molecule has 0 amide bonds. The summed E-state index contributed by atoms with van der Waals surface area (Å²) < 4.78 is 75.5. The molecule has 0 N–H and O–H groups in total. The summed E-state index contributed by atoms with van der Waals surface area (Å²) in [5.74, 6) is -2.08. The SMILES string of the molecule is CCCCCCCc1ccc(OS(=O)(=O)C(F)(F)F)c(F)c1. The van der Waals surface area contributed by atoms with Gasteiger partial charge in [-0.05, 0) is 30.5 Å². The molecule has 0 radical (unpaired) electrons. The second-order valence-corrected chi connectivity index (χ2v) is 6.45. The highest BCUT2D eigenvalue weighted by atomic mass is 32.2. The molecule has 0 aliphatic heterocycles. The fourth-order valence-electron chi connectivity index (χ4n) is 1.87. The van der Waals surface area contributed by atoms with Gasteiger partial charge >= 0.3 is 15.6 Å². The van der Waals surface area contributed by atoms with Gasteiger partial charge in [-0.25, -0.2) is 4.39 Å². The van der Waals surface area contributed by atoms with E-state index in [0.717, 1.165) is 44.2 Å². The van der Waals surface area contributed by atoms with Gasteiger partial charge in [-0.1, -0.05) is 38.7 Å². The Hall–Kier alpha value is -1.31. The molecule has 1 aromatic rings. The predicted molar refractivity (Wildman–Crippen MR) is 74.5 cm³/mol. The number of benzene rings is 1. The van der Waals surface area contributed by atoms with Crippen LogP contribution in [0.1, 0.15) is 44.6 Å².